The van der Waals surface area contributed by atoms with Gasteiger partial charge in [0.15, 0.2) is 5.78 Å². The molecule has 86 valence electrons. The van der Waals surface area contributed by atoms with Gasteiger partial charge < -0.3 is 4.74 Å². The van der Waals surface area contributed by atoms with Gasteiger partial charge in [0.2, 0.25) is 0 Å². The number of nitro groups is 1. The molecule has 0 heterocycles. The highest BCUT2D eigenvalue weighted by Gasteiger charge is 2.07. The van der Waals surface area contributed by atoms with Crippen LogP contribution in [-0.4, -0.2) is 17.3 Å². The molecule has 0 saturated carbocycles. The summed E-state index contributed by atoms with van der Waals surface area (Å²) in [6.07, 6.45) is 1.24. The third-order valence-electron chi connectivity index (χ3n) is 1.96. The van der Waals surface area contributed by atoms with Crippen LogP contribution in [0, 0.1) is 10.1 Å². The van der Waals surface area contributed by atoms with E-state index in [1.807, 2.05) is 6.92 Å². The number of hydrogen-bond donors (Lipinski definition) is 0. The highest BCUT2D eigenvalue weighted by molar-refractivity contribution is 5.79. The number of ether oxygens (including phenoxy) is 1. The molecule has 0 radical (unpaired) electrons. The Bertz CT molecular complexity index is 389. The molecule has 0 atom stereocenters. The van der Waals surface area contributed by atoms with E-state index in [0.29, 0.717) is 12.2 Å². The van der Waals surface area contributed by atoms with Gasteiger partial charge in [-0.05, 0) is 12.5 Å². The largest absolute Gasteiger partial charge is 0.486 e. The second-order valence-corrected chi connectivity index (χ2v) is 3.33. The van der Waals surface area contributed by atoms with Gasteiger partial charge in [0.1, 0.15) is 12.4 Å². The van der Waals surface area contributed by atoms with Crippen molar-refractivity contribution < 1.29 is 14.5 Å². The number of benzene rings is 1. The van der Waals surface area contributed by atoms with Crippen molar-refractivity contribution in [2.45, 2.75) is 19.8 Å². The molecule has 0 aromatic heterocycles. The Morgan fingerprint density at radius 1 is 1.50 bits per heavy atom. The minimum atomic E-state index is -0.499. The Balaban J connectivity index is 2.57. The first kappa shape index (κ1) is 12.2. The van der Waals surface area contributed by atoms with Crippen molar-refractivity contribution in [1.29, 1.82) is 0 Å². The Kier molecular flexibility index (Phi) is 4.44. The van der Waals surface area contributed by atoms with E-state index in [-0.39, 0.29) is 18.1 Å². The number of ketones is 1. The van der Waals surface area contributed by atoms with Gasteiger partial charge >= 0.3 is 0 Å². The topological polar surface area (TPSA) is 69.4 Å². The van der Waals surface area contributed by atoms with Crippen LogP contribution in [0.15, 0.2) is 24.3 Å². The summed E-state index contributed by atoms with van der Waals surface area (Å²) in [7, 11) is 0. The molecule has 0 aliphatic heterocycles. The van der Waals surface area contributed by atoms with Gasteiger partial charge in [0.05, 0.1) is 11.0 Å². The summed E-state index contributed by atoms with van der Waals surface area (Å²) in [5.74, 6) is 0.340. The van der Waals surface area contributed by atoms with E-state index < -0.39 is 4.92 Å². The van der Waals surface area contributed by atoms with Crippen LogP contribution in [0.4, 0.5) is 5.69 Å². The smallest absolute Gasteiger partial charge is 0.273 e. The van der Waals surface area contributed by atoms with E-state index in [1.54, 1.807) is 6.07 Å². The SMILES string of the molecule is CCCC(=O)COc1cccc([N+](=O)[O-])c1. The minimum Gasteiger partial charge on any atom is -0.486 e. The van der Waals surface area contributed by atoms with Gasteiger partial charge in [-0.15, -0.1) is 0 Å². The first-order valence-electron chi connectivity index (χ1n) is 5.02. The standard InChI is InChI=1S/C11H13NO4/c1-2-4-10(13)8-16-11-6-3-5-9(7-11)12(14)15/h3,5-7H,2,4,8H2,1H3. The van der Waals surface area contributed by atoms with Crippen LogP contribution in [-0.2, 0) is 4.79 Å². The highest BCUT2D eigenvalue weighted by Crippen LogP contribution is 2.18. The molecule has 0 bridgehead atoms. The highest BCUT2D eigenvalue weighted by atomic mass is 16.6. The number of hydrogen-bond acceptors (Lipinski definition) is 4. The normalized spacial score (nSPS) is 9.81. The number of carbonyl (C=O) groups is 1. The Labute approximate surface area is 93.2 Å². The summed E-state index contributed by atoms with van der Waals surface area (Å²) in [6, 6.07) is 5.80. The van der Waals surface area contributed by atoms with Gasteiger partial charge in [-0.3, -0.25) is 14.9 Å². The summed E-state index contributed by atoms with van der Waals surface area (Å²) in [5.41, 5.74) is -0.0413. The fourth-order valence-corrected chi connectivity index (χ4v) is 1.20. The Morgan fingerprint density at radius 3 is 2.88 bits per heavy atom. The zero-order valence-electron chi connectivity index (χ0n) is 9.01. The summed E-state index contributed by atoms with van der Waals surface area (Å²) < 4.78 is 5.16. The monoisotopic (exact) mass is 223 g/mol. The van der Waals surface area contributed by atoms with Crippen molar-refractivity contribution in [2.24, 2.45) is 0 Å². The number of carbonyl (C=O) groups excluding carboxylic acids is 1. The lowest BCUT2D eigenvalue weighted by atomic mass is 10.2. The molecule has 1 aromatic rings. The predicted octanol–water partition coefficient (Wildman–Crippen LogP) is 2.34. The number of nitrogens with zero attached hydrogens (tertiary/aromatic N) is 1. The lowest BCUT2D eigenvalue weighted by Crippen LogP contribution is -2.10. The molecule has 0 N–H and O–H groups in total. The van der Waals surface area contributed by atoms with Crippen LogP contribution in [0.1, 0.15) is 19.8 Å². The second kappa shape index (κ2) is 5.85. The van der Waals surface area contributed by atoms with Crippen LogP contribution >= 0.6 is 0 Å². The number of Topliss-reactive ketones (excluding diaryl/α,β-unsaturated/α-hetero) is 1. The van der Waals surface area contributed by atoms with Crippen molar-refractivity contribution >= 4 is 11.5 Å². The van der Waals surface area contributed by atoms with Crippen LogP contribution in [0.3, 0.4) is 0 Å². The maximum absolute atomic E-state index is 11.2. The number of nitro benzene ring substituents is 1. The van der Waals surface area contributed by atoms with E-state index in [1.165, 1.54) is 18.2 Å². The number of non-ortho nitro benzene ring substituents is 1. The lowest BCUT2D eigenvalue weighted by molar-refractivity contribution is -0.384. The quantitative estimate of drug-likeness (QED) is 0.548. The molecule has 16 heavy (non-hydrogen) atoms. The molecular formula is C11H13NO4. The number of rotatable bonds is 6. The molecule has 5 nitrogen and oxygen atoms in total. The lowest BCUT2D eigenvalue weighted by Gasteiger charge is -2.04. The summed E-state index contributed by atoms with van der Waals surface area (Å²) in [5, 5.41) is 10.5. The van der Waals surface area contributed by atoms with Gasteiger partial charge in [0.25, 0.3) is 5.69 Å². The van der Waals surface area contributed by atoms with Gasteiger partial charge in [-0.2, -0.15) is 0 Å². The molecular weight excluding hydrogens is 210 g/mol. The summed E-state index contributed by atoms with van der Waals surface area (Å²) in [4.78, 5) is 21.2. The molecule has 0 spiro atoms. The van der Waals surface area contributed by atoms with E-state index in [9.17, 15) is 14.9 Å². The van der Waals surface area contributed by atoms with Crippen LogP contribution in [0.2, 0.25) is 0 Å². The van der Waals surface area contributed by atoms with Gasteiger partial charge in [0, 0.05) is 12.5 Å². The van der Waals surface area contributed by atoms with Crippen LogP contribution in [0.5, 0.6) is 5.75 Å². The average Bonchev–Trinajstić information content (AvgIpc) is 2.27. The molecule has 0 aliphatic carbocycles. The first-order valence-corrected chi connectivity index (χ1v) is 5.02. The molecule has 1 aromatic carbocycles. The fourth-order valence-electron chi connectivity index (χ4n) is 1.20. The third kappa shape index (κ3) is 3.68. The Hall–Kier alpha value is -1.91. The minimum absolute atomic E-state index is 0.00555. The fraction of sp³-hybridized carbons (Fsp3) is 0.364. The zero-order valence-corrected chi connectivity index (χ0v) is 9.01. The van der Waals surface area contributed by atoms with Crippen molar-refractivity contribution in [3.05, 3.63) is 34.4 Å². The molecule has 0 saturated heterocycles. The summed E-state index contributed by atoms with van der Waals surface area (Å²) >= 11 is 0. The second-order valence-electron chi connectivity index (χ2n) is 3.33. The van der Waals surface area contributed by atoms with Crippen molar-refractivity contribution in [3.63, 3.8) is 0 Å². The van der Waals surface area contributed by atoms with Crippen LogP contribution < -0.4 is 4.74 Å². The molecule has 1 rings (SSSR count). The van der Waals surface area contributed by atoms with Gasteiger partial charge in [-0.25, -0.2) is 0 Å². The molecule has 0 unspecified atom stereocenters. The molecule has 0 amide bonds. The average molecular weight is 223 g/mol. The Morgan fingerprint density at radius 2 is 2.25 bits per heavy atom. The first-order chi connectivity index (χ1) is 7.63. The van der Waals surface area contributed by atoms with Crippen molar-refractivity contribution in [2.75, 3.05) is 6.61 Å². The maximum Gasteiger partial charge on any atom is 0.273 e. The summed E-state index contributed by atoms with van der Waals surface area (Å²) in [6.45, 7) is 1.88. The van der Waals surface area contributed by atoms with Crippen LogP contribution in [0.25, 0.3) is 0 Å². The van der Waals surface area contributed by atoms with E-state index in [2.05, 4.69) is 0 Å². The molecule has 5 heteroatoms. The van der Waals surface area contributed by atoms with E-state index in [4.69, 9.17) is 4.74 Å². The van der Waals surface area contributed by atoms with E-state index >= 15 is 0 Å². The van der Waals surface area contributed by atoms with Crippen molar-refractivity contribution in [3.8, 4) is 5.75 Å². The van der Waals surface area contributed by atoms with Gasteiger partial charge in [-0.1, -0.05) is 13.0 Å². The third-order valence-corrected chi connectivity index (χ3v) is 1.96. The predicted molar refractivity (Wildman–Crippen MR) is 58.5 cm³/mol. The zero-order chi connectivity index (χ0) is 12.0. The molecule has 0 fully saturated rings. The van der Waals surface area contributed by atoms with Crippen molar-refractivity contribution in [1.82, 2.24) is 0 Å². The molecule has 0 aliphatic rings. The maximum atomic E-state index is 11.2. The van der Waals surface area contributed by atoms with E-state index in [0.717, 1.165) is 6.42 Å².